The molecule has 1 fully saturated rings. The Kier molecular flexibility index (Phi) is 9.58. The third kappa shape index (κ3) is 6.52. The molecular weight excluding hydrogens is 886 g/mol. The SMILES string of the molecule is CC(C)(C)c1ccc(N2c3cc(N4c5ccc(C(C)(C)C)cc5C5(C)CCCCC45C)ccc3B3c4c2cc(C(C)(C)C)cc4-n2c4c3cc(C(C)(C)C)cc4c3oc4ccccc4c32)c(-c2ccccc2)c1. The van der Waals surface area contributed by atoms with Gasteiger partial charge in [-0.25, -0.2) is 0 Å². The average Bonchev–Trinajstić information content (AvgIpc) is 3.95. The number of aromatic nitrogens is 1. The maximum absolute atomic E-state index is 7.04. The minimum Gasteiger partial charge on any atom is -0.454 e. The largest absolute Gasteiger partial charge is 0.454 e. The number of furan rings is 1. The van der Waals surface area contributed by atoms with Crippen molar-refractivity contribution in [1.29, 1.82) is 0 Å². The molecule has 0 radical (unpaired) electrons. The second-order valence-electron chi connectivity index (χ2n) is 27.0. The van der Waals surface area contributed by atoms with Crippen molar-refractivity contribution in [1.82, 2.24) is 4.57 Å². The zero-order valence-electron chi connectivity index (χ0n) is 45.9. The van der Waals surface area contributed by atoms with Crippen LogP contribution < -0.4 is 26.2 Å². The Morgan fingerprint density at radius 1 is 0.493 bits per heavy atom. The maximum atomic E-state index is 7.04. The predicted octanol–water partition coefficient (Wildman–Crippen LogP) is 16.7. The molecule has 3 aliphatic heterocycles. The molecule has 1 saturated carbocycles. The lowest BCUT2D eigenvalue weighted by Gasteiger charge is -2.50. The van der Waals surface area contributed by atoms with Crippen molar-refractivity contribution in [2.24, 2.45) is 0 Å². The predicted molar refractivity (Wildman–Crippen MR) is 313 cm³/mol. The van der Waals surface area contributed by atoms with Gasteiger partial charge in [0, 0.05) is 50.2 Å². The highest BCUT2D eigenvalue weighted by atomic mass is 16.3. The summed E-state index contributed by atoms with van der Waals surface area (Å²) < 4.78 is 9.65. The number of benzene rings is 7. The minimum atomic E-state index is -0.154. The Morgan fingerprint density at radius 2 is 1.12 bits per heavy atom. The van der Waals surface area contributed by atoms with Gasteiger partial charge in [0.1, 0.15) is 11.1 Å². The summed E-state index contributed by atoms with van der Waals surface area (Å²) in [6, 6.07) is 52.4. The number of rotatable bonds is 3. The molecule has 1 aliphatic carbocycles. The Morgan fingerprint density at radius 3 is 1.84 bits per heavy atom. The van der Waals surface area contributed by atoms with Crippen molar-refractivity contribution in [2.75, 3.05) is 9.80 Å². The van der Waals surface area contributed by atoms with E-state index in [1.807, 2.05) is 0 Å². The second kappa shape index (κ2) is 15.1. The number of hydrogen-bond acceptors (Lipinski definition) is 3. The van der Waals surface area contributed by atoms with Gasteiger partial charge in [-0.05, 0) is 152 Å². The molecule has 73 heavy (non-hydrogen) atoms. The fraction of sp³-hybridized carbons (Fsp3) is 0.353. The molecule has 4 aliphatic rings. The van der Waals surface area contributed by atoms with E-state index in [0.717, 1.165) is 28.5 Å². The molecule has 0 N–H and O–H groups in total. The first-order valence-corrected chi connectivity index (χ1v) is 27.3. The molecule has 4 nitrogen and oxygen atoms in total. The molecule has 2 unspecified atom stereocenters. The summed E-state index contributed by atoms with van der Waals surface area (Å²) in [7, 11) is 0. The van der Waals surface area contributed by atoms with Gasteiger partial charge in [0.2, 0.25) is 0 Å². The molecule has 0 spiro atoms. The fourth-order valence-electron chi connectivity index (χ4n) is 13.9. The van der Waals surface area contributed by atoms with Gasteiger partial charge < -0.3 is 18.8 Å². The smallest absolute Gasteiger partial charge is 0.252 e. The van der Waals surface area contributed by atoms with Gasteiger partial charge >= 0.3 is 0 Å². The molecule has 0 amide bonds. The molecule has 2 atom stereocenters. The van der Waals surface area contributed by atoms with Gasteiger partial charge in [-0.1, -0.05) is 176 Å². The topological polar surface area (TPSA) is 24.6 Å². The quantitative estimate of drug-likeness (QED) is 0.165. The van der Waals surface area contributed by atoms with Crippen molar-refractivity contribution >= 4 is 84.5 Å². The lowest BCUT2D eigenvalue weighted by Crippen LogP contribution is -2.61. The van der Waals surface area contributed by atoms with Crippen LogP contribution >= 0.6 is 0 Å². The number of anilines is 5. The lowest BCUT2D eigenvalue weighted by atomic mass is 9.33. The van der Waals surface area contributed by atoms with Gasteiger partial charge in [-0.3, -0.25) is 0 Å². The van der Waals surface area contributed by atoms with Gasteiger partial charge in [-0.2, -0.15) is 0 Å². The van der Waals surface area contributed by atoms with Crippen molar-refractivity contribution in [2.45, 2.75) is 155 Å². The molecule has 0 bridgehead atoms. The highest BCUT2D eigenvalue weighted by molar-refractivity contribution is 7.00. The van der Waals surface area contributed by atoms with E-state index < -0.39 is 0 Å². The standard InChI is InChI=1S/C68H72BN3O/c1-63(2,3)42-26-30-53(48(34-42)41-22-16-15-17-23-41)70-55-40-46(72-54-31-27-43(64(4,5)6)36-50(54)67(13)32-20-21-33-68(67,72)14)28-29-51(55)69-52-37-44(65(7,8)9)35-49-60(52)71(61-47-24-18-19-25-58(47)73-62(49)61)57-39-45(66(10,11)12)38-56(70)59(57)69/h15-19,22-31,34-40H,20-21,32-33H2,1-14H3. The molecule has 13 rings (SSSR count). The number of fused-ring (bicyclic) bond motifs is 12. The zero-order valence-corrected chi connectivity index (χ0v) is 45.9. The summed E-state index contributed by atoms with van der Waals surface area (Å²) in [6.45, 7) is 33.5. The van der Waals surface area contributed by atoms with E-state index in [1.165, 1.54) is 120 Å². The van der Waals surface area contributed by atoms with Crippen LogP contribution in [0, 0.1) is 0 Å². The van der Waals surface area contributed by atoms with Crippen LogP contribution in [-0.4, -0.2) is 16.8 Å². The number of hydrogen-bond donors (Lipinski definition) is 0. The third-order valence-electron chi connectivity index (χ3n) is 18.3. The first-order chi connectivity index (χ1) is 34.5. The van der Waals surface area contributed by atoms with E-state index in [0.29, 0.717) is 0 Å². The van der Waals surface area contributed by atoms with E-state index in [-0.39, 0.29) is 39.3 Å². The average molecular weight is 958 g/mol. The highest BCUT2D eigenvalue weighted by Gasteiger charge is 2.58. The third-order valence-corrected chi connectivity index (χ3v) is 18.3. The summed E-state index contributed by atoms with van der Waals surface area (Å²) in [5, 5.41) is 2.34. The van der Waals surface area contributed by atoms with Gasteiger partial charge in [-0.15, -0.1) is 0 Å². The molecular formula is C68H72BN3O. The number of nitrogens with zero attached hydrogens (tertiary/aromatic N) is 3. The van der Waals surface area contributed by atoms with E-state index in [2.05, 4.69) is 245 Å². The van der Waals surface area contributed by atoms with Crippen molar-refractivity contribution in [3.63, 3.8) is 0 Å². The Balaban J connectivity index is 1.18. The fourth-order valence-corrected chi connectivity index (χ4v) is 13.9. The van der Waals surface area contributed by atoms with Gasteiger partial charge in [0.05, 0.1) is 16.7 Å². The maximum Gasteiger partial charge on any atom is 0.252 e. The van der Waals surface area contributed by atoms with Crippen LogP contribution in [-0.2, 0) is 27.1 Å². The first kappa shape index (κ1) is 46.3. The Hall–Kier alpha value is -6.46. The summed E-state index contributed by atoms with van der Waals surface area (Å²) in [5.41, 5.74) is 24.9. The van der Waals surface area contributed by atoms with Crippen molar-refractivity contribution in [3.8, 4) is 16.8 Å². The van der Waals surface area contributed by atoms with Crippen LogP contribution in [0.3, 0.4) is 0 Å². The van der Waals surface area contributed by atoms with Crippen LogP contribution in [0.1, 0.15) is 150 Å². The Labute approximate surface area is 434 Å². The van der Waals surface area contributed by atoms with Crippen molar-refractivity contribution < 1.29 is 4.42 Å². The molecule has 2 aromatic heterocycles. The molecule has 7 aromatic carbocycles. The summed E-state index contributed by atoms with van der Waals surface area (Å²) in [6.07, 6.45) is 4.81. The number of para-hydroxylation sites is 1. The summed E-state index contributed by atoms with van der Waals surface area (Å²) >= 11 is 0. The van der Waals surface area contributed by atoms with Gasteiger partial charge in [0.25, 0.3) is 6.71 Å². The first-order valence-electron chi connectivity index (χ1n) is 27.3. The van der Waals surface area contributed by atoms with Gasteiger partial charge in [0.15, 0.2) is 5.58 Å². The van der Waals surface area contributed by atoms with Crippen molar-refractivity contribution in [3.05, 3.63) is 161 Å². The second-order valence-corrected chi connectivity index (χ2v) is 27.0. The summed E-state index contributed by atoms with van der Waals surface area (Å²) in [4.78, 5) is 5.49. The van der Waals surface area contributed by atoms with E-state index in [9.17, 15) is 0 Å². The molecule has 5 heteroatoms. The highest BCUT2D eigenvalue weighted by Crippen LogP contribution is 2.62. The minimum absolute atomic E-state index is 0.00131. The van der Waals surface area contributed by atoms with E-state index in [1.54, 1.807) is 0 Å². The zero-order chi connectivity index (χ0) is 51.1. The molecule has 9 aromatic rings. The molecule has 5 heterocycles. The van der Waals surface area contributed by atoms with Crippen LogP contribution in [0.2, 0.25) is 0 Å². The Bertz CT molecular complexity index is 3790. The lowest BCUT2D eigenvalue weighted by molar-refractivity contribution is 0.195. The van der Waals surface area contributed by atoms with E-state index >= 15 is 0 Å². The summed E-state index contributed by atoms with van der Waals surface area (Å²) in [5.74, 6) is 0. The van der Waals surface area contributed by atoms with Crippen LogP contribution in [0.15, 0.2) is 138 Å². The van der Waals surface area contributed by atoms with Crippen LogP contribution in [0.4, 0.5) is 28.4 Å². The van der Waals surface area contributed by atoms with E-state index in [4.69, 9.17) is 4.42 Å². The van der Waals surface area contributed by atoms with Crippen LogP contribution in [0.25, 0.3) is 49.8 Å². The molecule has 368 valence electrons. The normalized spacial score (nSPS) is 19.5. The van der Waals surface area contributed by atoms with Crippen LogP contribution in [0.5, 0.6) is 0 Å². The monoisotopic (exact) mass is 958 g/mol. The molecule has 0 saturated heterocycles.